The lowest BCUT2D eigenvalue weighted by Crippen LogP contribution is -2.42. The van der Waals surface area contributed by atoms with Gasteiger partial charge in [-0.2, -0.15) is 0 Å². The first-order valence-electron chi connectivity index (χ1n) is 7.08. The molecule has 5 nitrogen and oxygen atoms in total. The number of rotatable bonds is 4. The zero-order chi connectivity index (χ0) is 15.2. The second-order valence-electron chi connectivity index (χ2n) is 4.82. The Morgan fingerprint density at radius 3 is 3.00 bits per heavy atom. The van der Waals surface area contributed by atoms with Crippen LogP contribution in [0.25, 0.3) is 0 Å². The zero-order valence-corrected chi connectivity index (χ0v) is 12.2. The summed E-state index contributed by atoms with van der Waals surface area (Å²) in [6.07, 6.45) is 1.87. The highest BCUT2D eigenvalue weighted by atomic mass is 16.5. The molecule has 1 aromatic rings. The van der Waals surface area contributed by atoms with E-state index in [-0.39, 0.29) is 12.5 Å². The zero-order valence-electron chi connectivity index (χ0n) is 12.2. The summed E-state index contributed by atoms with van der Waals surface area (Å²) in [6.45, 7) is 6.76. The predicted molar refractivity (Wildman–Crippen MR) is 79.8 cm³/mol. The van der Waals surface area contributed by atoms with Crippen molar-refractivity contribution in [2.24, 2.45) is 0 Å². The molecule has 21 heavy (non-hydrogen) atoms. The van der Waals surface area contributed by atoms with Gasteiger partial charge in [-0.05, 0) is 24.5 Å². The molecule has 2 rings (SSSR count). The summed E-state index contributed by atoms with van der Waals surface area (Å²) in [6, 6.07) is 6.97. The Balaban J connectivity index is 2.32. The van der Waals surface area contributed by atoms with Crippen LogP contribution in [0.1, 0.15) is 24.1 Å². The Bertz CT molecular complexity index is 542. The molecule has 0 aliphatic carbocycles. The lowest BCUT2D eigenvalue weighted by atomic mass is 9.99. The van der Waals surface area contributed by atoms with Crippen molar-refractivity contribution in [3.8, 4) is 0 Å². The molecular formula is C16H20N2O3. The molecule has 1 unspecified atom stereocenters. The Morgan fingerprint density at radius 2 is 2.29 bits per heavy atom. The van der Waals surface area contributed by atoms with Gasteiger partial charge in [0.2, 0.25) is 5.91 Å². The van der Waals surface area contributed by atoms with E-state index in [0.717, 1.165) is 17.5 Å². The summed E-state index contributed by atoms with van der Waals surface area (Å²) >= 11 is 0. The maximum atomic E-state index is 12.6. The third kappa shape index (κ3) is 3.42. The summed E-state index contributed by atoms with van der Waals surface area (Å²) in [5, 5.41) is 2.67. The highest BCUT2D eigenvalue weighted by molar-refractivity contribution is 5.88. The summed E-state index contributed by atoms with van der Waals surface area (Å²) in [7, 11) is 0. The van der Waals surface area contributed by atoms with Crippen molar-refractivity contribution in [2.45, 2.75) is 19.4 Å². The molecule has 0 fully saturated rings. The number of carbonyl (C=O) groups is 2. The number of hydrogen-bond acceptors (Lipinski definition) is 3. The van der Waals surface area contributed by atoms with Crippen LogP contribution in [0.4, 0.5) is 4.79 Å². The number of nitrogens with one attached hydrogen (secondary N) is 1. The predicted octanol–water partition coefficient (Wildman–Crippen LogP) is 2.04. The molecule has 2 amide bonds. The van der Waals surface area contributed by atoms with Crippen molar-refractivity contribution < 1.29 is 14.3 Å². The van der Waals surface area contributed by atoms with E-state index >= 15 is 0 Å². The van der Waals surface area contributed by atoms with E-state index < -0.39 is 12.1 Å². The third-order valence-corrected chi connectivity index (χ3v) is 3.46. The van der Waals surface area contributed by atoms with Crippen molar-refractivity contribution in [3.05, 3.63) is 48.0 Å². The fraction of sp³-hybridized carbons (Fsp3) is 0.375. The van der Waals surface area contributed by atoms with Crippen LogP contribution in [-0.4, -0.2) is 36.6 Å². The molecule has 1 N–H and O–H groups in total. The highest BCUT2D eigenvalue weighted by Crippen LogP contribution is 2.24. The molecule has 0 aromatic heterocycles. The Hall–Kier alpha value is -2.30. The van der Waals surface area contributed by atoms with Crippen LogP contribution in [-0.2, 0) is 16.0 Å². The first kappa shape index (κ1) is 15.1. The maximum Gasteiger partial charge on any atom is 0.408 e. The maximum absolute atomic E-state index is 12.6. The number of carbonyl (C=O) groups excluding carboxylic acids is 2. The van der Waals surface area contributed by atoms with Crippen LogP contribution < -0.4 is 5.32 Å². The average Bonchev–Trinajstić information content (AvgIpc) is 2.60. The lowest BCUT2D eigenvalue weighted by molar-refractivity contribution is -0.132. The molecular weight excluding hydrogens is 268 g/mol. The summed E-state index contributed by atoms with van der Waals surface area (Å²) < 4.78 is 4.90. The molecule has 0 saturated carbocycles. The van der Waals surface area contributed by atoms with Crippen LogP contribution >= 0.6 is 0 Å². The van der Waals surface area contributed by atoms with Gasteiger partial charge >= 0.3 is 6.09 Å². The Labute approximate surface area is 124 Å². The van der Waals surface area contributed by atoms with Gasteiger partial charge in [-0.15, -0.1) is 6.58 Å². The fourth-order valence-corrected chi connectivity index (χ4v) is 2.49. The van der Waals surface area contributed by atoms with Crippen LogP contribution in [0.2, 0.25) is 0 Å². The molecule has 1 aliphatic rings. The van der Waals surface area contributed by atoms with E-state index in [1.807, 2.05) is 24.3 Å². The topological polar surface area (TPSA) is 58.6 Å². The molecule has 0 radical (unpaired) electrons. The molecule has 1 heterocycles. The minimum Gasteiger partial charge on any atom is -0.450 e. The monoisotopic (exact) mass is 288 g/mol. The normalized spacial score (nSPS) is 17.7. The summed E-state index contributed by atoms with van der Waals surface area (Å²) in [5.41, 5.74) is 1.90. The van der Waals surface area contributed by atoms with Gasteiger partial charge in [0.1, 0.15) is 6.04 Å². The molecule has 0 saturated heterocycles. The third-order valence-electron chi connectivity index (χ3n) is 3.46. The number of hydrogen-bond donors (Lipinski definition) is 1. The van der Waals surface area contributed by atoms with Crippen molar-refractivity contribution in [3.63, 3.8) is 0 Å². The molecule has 0 bridgehead atoms. The second-order valence-corrected chi connectivity index (χ2v) is 4.82. The molecule has 0 spiro atoms. The number of alkyl carbamates (subject to hydrolysis) is 1. The summed E-state index contributed by atoms with van der Waals surface area (Å²) in [4.78, 5) is 26.1. The van der Waals surface area contributed by atoms with Gasteiger partial charge in [0, 0.05) is 13.1 Å². The van der Waals surface area contributed by atoms with Crippen LogP contribution in [0.5, 0.6) is 0 Å². The number of amides is 2. The smallest absolute Gasteiger partial charge is 0.408 e. The van der Waals surface area contributed by atoms with Gasteiger partial charge in [0.25, 0.3) is 0 Å². The van der Waals surface area contributed by atoms with Gasteiger partial charge in [-0.3, -0.25) is 4.79 Å². The van der Waals surface area contributed by atoms with Crippen LogP contribution in [0.15, 0.2) is 36.9 Å². The van der Waals surface area contributed by atoms with E-state index in [1.165, 1.54) is 0 Å². The molecule has 1 aromatic carbocycles. The second kappa shape index (κ2) is 6.92. The van der Waals surface area contributed by atoms with E-state index in [0.29, 0.717) is 13.1 Å². The number of benzene rings is 1. The highest BCUT2D eigenvalue weighted by Gasteiger charge is 2.31. The van der Waals surface area contributed by atoms with Crippen molar-refractivity contribution in [1.82, 2.24) is 10.2 Å². The van der Waals surface area contributed by atoms with E-state index in [4.69, 9.17) is 4.74 Å². The van der Waals surface area contributed by atoms with Crippen molar-refractivity contribution in [1.29, 1.82) is 0 Å². The summed E-state index contributed by atoms with van der Waals surface area (Å²) in [5.74, 6) is -0.132. The molecule has 1 aliphatic heterocycles. The SMILES string of the molecule is C=CCN1CCc2ccccc2C(NC(=O)OCC)C1=O. The molecule has 1 atom stereocenters. The fourth-order valence-electron chi connectivity index (χ4n) is 2.49. The quantitative estimate of drug-likeness (QED) is 0.863. The lowest BCUT2D eigenvalue weighted by Gasteiger charge is -2.24. The number of ether oxygens (including phenoxy) is 1. The van der Waals surface area contributed by atoms with E-state index in [2.05, 4.69) is 11.9 Å². The molecule has 112 valence electrons. The first-order chi connectivity index (χ1) is 10.2. The van der Waals surface area contributed by atoms with Gasteiger partial charge in [0.15, 0.2) is 0 Å². The van der Waals surface area contributed by atoms with Crippen LogP contribution in [0.3, 0.4) is 0 Å². The number of fused-ring (bicyclic) bond motifs is 1. The molecule has 5 heteroatoms. The Kier molecular flexibility index (Phi) is 4.98. The first-order valence-corrected chi connectivity index (χ1v) is 7.08. The van der Waals surface area contributed by atoms with Gasteiger partial charge < -0.3 is 15.0 Å². The minimum absolute atomic E-state index is 0.132. The van der Waals surface area contributed by atoms with Crippen LogP contribution in [0, 0.1) is 0 Å². The average molecular weight is 288 g/mol. The minimum atomic E-state index is -0.706. The van der Waals surface area contributed by atoms with Gasteiger partial charge in [-0.25, -0.2) is 4.79 Å². The van der Waals surface area contributed by atoms with E-state index in [9.17, 15) is 9.59 Å². The van der Waals surface area contributed by atoms with Crippen molar-refractivity contribution >= 4 is 12.0 Å². The largest absolute Gasteiger partial charge is 0.450 e. The Morgan fingerprint density at radius 1 is 1.52 bits per heavy atom. The standard InChI is InChI=1S/C16H20N2O3/c1-3-10-18-11-9-12-7-5-6-8-13(12)14(15(18)19)17-16(20)21-4-2/h3,5-8,14H,1,4,9-11H2,2H3,(H,17,20). The van der Waals surface area contributed by atoms with E-state index in [1.54, 1.807) is 17.9 Å². The van der Waals surface area contributed by atoms with Gasteiger partial charge in [-0.1, -0.05) is 30.3 Å². The number of nitrogens with zero attached hydrogens (tertiary/aromatic N) is 1. The van der Waals surface area contributed by atoms with Crippen molar-refractivity contribution in [2.75, 3.05) is 19.7 Å². The van der Waals surface area contributed by atoms with Gasteiger partial charge in [0.05, 0.1) is 6.61 Å².